The minimum atomic E-state index is -3.33. The van der Waals surface area contributed by atoms with Crippen molar-refractivity contribution in [1.29, 1.82) is 0 Å². The van der Waals surface area contributed by atoms with Crippen molar-refractivity contribution < 1.29 is 8.42 Å². The Bertz CT molecular complexity index is 487. The van der Waals surface area contributed by atoms with Crippen molar-refractivity contribution in [3.63, 3.8) is 0 Å². The molecule has 1 fully saturated rings. The molecule has 0 radical (unpaired) electrons. The predicted octanol–water partition coefficient (Wildman–Crippen LogP) is 2.62. The zero-order valence-corrected chi connectivity index (χ0v) is 11.5. The second-order valence-electron chi connectivity index (χ2n) is 4.04. The molecule has 0 saturated carbocycles. The highest BCUT2D eigenvalue weighted by molar-refractivity contribution is 9.10. The molecule has 1 saturated heterocycles. The Morgan fingerprint density at radius 2 is 2.06 bits per heavy atom. The molecule has 0 aliphatic carbocycles. The van der Waals surface area contributed by atoms with Gasteiger partial charge in [-0.15, -0.1) is 0 Å². The Labute approximate surface area is 105 Å². The maximum atomic E-state index is 12.4. The van der Waals surface area contributed by atoms with E-state index >= 15 is 0 Å². The van der Waals surface area contributed by atoms with E-state index in [4.69, 9.17) is 0 Å². The average molecular weight is 304 g/mol. The molecule has 16 heavy (non-hydrogen) atoms. The molecule has 88 valence electrons. The summed E-state index contributed by atoms with van der Waals surface area (Å²) in [7, 11) is -3.33. The third-order valence-electron chi connectivity index (χ3n) is 2.92. The smallest absolute Gasteiger partial charge is 0.207 e. The summed E-state index contributed by atoms with van der Waals surface area (Å²) in [6.45, 7) is 2.59. The lowest BCUT2D eigenvalue weighted by atomic mass is 10.3. The molecule has 5 heteroatoms. The number of benzene rings is 1. The van der Waals surface area contributed by atoms with Gasteiger partial charge < -0.3 is 0 Å². The average Bonchev–Trinajstić information content (AvgIpc) is 2.65. The summed E-state index contributed by atoms with van der Waals surface area (Å²) in [5.74, 6) is 0. The number of halogens is 1. The topological polar surface area (TPSA) is 37.4 Å². The van der Waals surface area contributed by atoms with Gasteiger partial charge in [0.1, 0.15) is 0 Å². The zero-order chi connectivity index (χ0) is 11.8. The van der Waals surface area contributed by atoms with Crippen molar-refractivity contribution in [3.8, 4) is 0 Å². The van der Waals surface area contributed by atoms with Gasteiger partial charge in [0, 0.05) is 17.1 Å². The van der Waals surface area contributed by atoms with E-state index in [0.29, 0.717) is 15.9 Å². The van der Waals surface area contributed by atoms with Gasteiger partial charge in [0.05, 0.1) is 4.90 Å². The molecule has 1 atom stereocenters. The molecule has 0 spiro atoms. The minimum Gasteiger partial charge on any atom is -0.207 e. The molecular formula is C11H14BrNO2S. The van der Waals surface area contributed by atoms with Crippen LogP contribution in [0.25, 0.3) is 0 Å². The maximum Gasteiger partial charge on any atom is 0.244 e. The van der Waals surface area contributed by atoms with Crippen LogP contribution in [0.1, 0.15) is 19.8 Å². The Hall–Kier alpha value is -0.390. The molecule has 0 aromatic heterocycles. The lowest BCUT2D eigenvalue weighted by Gasteiger charge is -2.21. The molecule has 1 aliphatic heterocycles. The molecule has 2 rings (SSSR count). The van der Waals surface area contributed by atoms with Gasteiger partial charge in [0.25, 0.3) is 0 Å². The number of rotatable bonds is 2. The lowest BCUT2D eigenvalue weighted by molar-refractivity contribution is 0.408. The van der Waals surface area contributed by atoms with Crippen molar-refractivity contribution >= 4 is 26.0 Å². The molecule has 0 bridgehead atoms. The van der Waals surface area contributed by atoms with E-state index in [0.717, 1.165) is 12.8 Å². The van der Waals surface area contributed by atoms with Gasteiger partial charge in [-0.2, -0.15) is 4.31 Å². The molecule has 1 heterocycles. The summed E-state index contributed by atoms with van der Waals surface area (Å²) in [6, 6.07) is 7.07. The first-order valence-corrected chi connectivity index (χ1v) is 7.53. The van der Waals surface area contributed by atoms with Crippen LogP contribution in [0, 0.1) is 0 Å². The van der Waals surface area contributed by atoms with Crippen molar-refractivity contribution in [2.24, 2.45) is 0 Å². The maximum absolute atomic E-state index is 12.4. The monoisotopic (exact) mass is 303 g/mol. The van der Waals surface area contributed by atoms with E-state index in [1.54, 1.807) is 22.5 Å². The zero-order valence-electron chi connectivity index (χ0n) is 9.06. The largest absolute Gasteiger partial charge is 0.244 e. The van der Waals surface area contributed by atoms with Crippen molar-refractivity contribution in [2.75, 3.05) is 6.54 Å². The standard InChI is InChI=1S/C11H14BrNO2S/c1-9-5-4-8-13(9)16(14,15)11-7-3-2-6-10(11)12/h2-3,6-7,9H,4-5,8H2,1H3/t9-/m0/s1. The summed E-state index contributed by atoms with van der Waals surface area (Å²) in [5, 5.41) is 0. The number of hydrogen-bond acceptors (Lipinski definition) is 2. The first kappa shape index (κ1) is 12.1. The second-order valence-corrected chi connectivity index (χ2v) is 6.75. The van der Waals surface area contributed by atoms with Crippen LogP contribution in [0.2, 0.25) is 0 Å². The Kier molecular flexibility index (Phi) is 3.37. The number of nitrogens with zero attached hydrogens (tertiary/aromatic N) is 1. The predicted molar refractivity (Wildman–Crippen MR) is 66.7 cm³/mol. The van der Waals surface area contributed by atoms with Gasteiger partial charge in [-0.05, 0) is 47.8 Å². The van der Waals surface area contributed by atoms with E-state index in [2.05, 4.69) is 15.9 Å². The molecule has 1 aliphatic rings. The summed E-state index contributed by atoms with van der Waals surface area (Å²) in [4.78, 5) is 0.365. The fourth-order valence-electron chi connectivity index (χ4n) is 2.04. The van der Waals surface area contributed by atoms with Crippen LogP contribution in [0.3, 0.4) is 0 Å². The fraction of sp³-hybridized carbons (Fsp3) is 0.455. The van der Waals surface area contributed by atoms with E-state index < -0.39 is 10.0 Å². The van der Waals surface area contributed by atoms with Gasteiger partial charge in [-0.3, -0.25) is 0 Å². The fourth-order valence-corrected chi connectivity index (χ4v) is 4.71. The summed E-state index contributed by atoms with van der Waals surface area (Å²) in [5.41, 5.74) is 0. The van der Waals surface area contributed by atoms with Crippen LogP contribution >= 0.6 is 15.9 Å². The highest BCUT2D eigenvalue weighted by atomic mass is 79.9. The third kappa shape index (κ3) is 2.04. The van der Waals surface area contributed by atoms with Crippen molar-refractivity contribution in [2.45, 2.75) is 30.7 Å². The molecule has 1 aromatic carbocycles. The third-order valence-corrected chi connectivity index (χ3v) is 5.94. The summed E-state index contributed by atoms with van der Waals surface area (Å²) in [6.07, 6.45) is 1.90. The van der Waals surface area contributed by atoms with Gasteiger partial charge in [-0.1, -0.05) is 12.1 Å². The van der Waals surface area contributed by atoms with Crippen LogP contribution in [0.15, 0.2) is 33.6 Å². The van der Waals surface area contributed by atoms with E-state index in [1.165, 1.54) is 0 Å². The molecule has 1 aromatic rings. The highest BCUT2D eigenvalue weighted by Gasteiger charge is 2.33. The van der Waals surface area contributed by atoms with Crippen molar-refractivity contribution in [1.82, 2.24) is 4.31 Å². The Balaban J connectivity index is 2.43. The number of sulfonamides is 1. The van der Waals surface area contributed by atoms with Gasteiger partial charge in [-0.25, -0.2) is 8.42 Å². The SMILES string of the molecule is C[C@H]1CCCN1S(=O)(=O)c1ccccc1Br. The molecule has 3 nitrogen and oxygen atoms in total. The van der Waals surface area contributed by atoms with Gasteiger partial charge in [0.15, 0.2) is 0 Å². The van der Waals surface area contributed by atoms with E-state index in [1.807, 2.05) is 13.0 Å². The number of hydrogen-bond donors (Lipinski definition) is 0. The Morgan fingerprint density at radius 1 is 1.38 bits per heavy atom. The summed E-state index contributed by atoms with van der Waals surface area (Å²) >= 11 is 3.29. The highest BCUT2D eigenvalue weighted by Crippen LogP contribution is 2.29. The first-order chi connectivity index (χ1) is 7.53. The van der Waals surface area contributed by atoms with Gasteiger partial charge in [0.2, 0.25) is 10.0 Å². The Morgan fingerprint density at radius 3 is 2.62 bits per heavy atom. The van der Waals surface area contributed by atoms with Gasteiger partial charge >= 0.3 is 0 Å². The first-order valence-electron chi connectivity index (χ1n) is 5.30. The van der Waals surface area contributed by atoms with E-state index in [9.17, 15) is 8.42 Å². The minimum absolute atomic E-state index is 0.108. The van der Waals surface area contributed by atoms with E-state index in [-0.39, 0.29) is 6.04 Å². The van der Waals surface area contributed by atoms with Crippen LogP contribution in [-0.2, 0) is 10.0 Å². The normalized spacial score (nSPS) is 22.5. The summed E-state index contributed by atoms with van der Waals surface area (Å²) < 4.78 is 26.9. The lowest BCUT2D eigenvalue weighted by Crippen LogP contribution is -2.33. The van der Waals surface area contributed by atoms with Crippen LogP contribution in [0.4, 0.5) is 0 Å². The molecular weight excluding hydrogens is 290 g/mol. The van der Waals surface area contributed by atoms with Crippen LogP contribution < -0.4 is 0 Å². The molecule has 0 amide bonds. The second kappa shape index (κ2) is 4.47. The molecule has 0 N–H and O–H groups in total. The molecule has 0 unspecified atom stereocenters. The van der Waals surface area contributed by atoms with Crippen molar-refractivity contribution in [3.05, 3.63) is 28.7 Å². The van der Waals surface area contributed by atoms with Crippen LogP contribution in [-0.4, -0.2) is 25.3 Å². The van der Waals surface area contributed by atoms with Crippen LogP contribution in [0.5, 0.6) is 0 Å². The quantitative estimate of drug-likeness (QED) is 0.842.